The Labute approximate surface area is 140 Å². The Balaban J connectivity index is 1.45. The molecule has 1 N–H and O–H groups in total. The fraction of sp³-hybridized carbons (Fsp3) is 0.529. The zero-order valence-electron chi connectivity index (χ0n) is 12.9. The first kappa shape index (κ1) is 15.0. The number of aromatic nitrogens is 2. The van der Waals surface area contributed by atoms with Crippen LogP contribution in [0.15, 0.2) is 28.8 Å². The standard InChI is InChI=1S/C17H20ClN3O2/c18-13-5-3-4-12(10-13)15-20-16(23-21-15)19-14-6-9-22-17(11-14)7-1-2-8-17/h3-5,10,14H,1-2,6-9,11H2,(H,19,20,21). The van der Waals surface area contributed by atoms with Gasteiger partial charge in [-0.1, -0.05) is 41.7 Å². The Morgan fingerprint density at radius 3 is 2.96 bits per heavy atom. The van der Waals surface area contributed by atoms with Gasteiger partial charge in [0.1, 0.15) is 0 Å². The van der Waals surface area contributed by atoms with Crippen LogP contribution in [-0.2, 0) is 4.74 Å². The normalized spacial score (nSPS) is 23.3. The van der Waals surface area contributed by atoms with Crippen molar-refractivity contribution < 1.29 is 9.26 Å². The van der Waals surface area contributed by atoms with Crippen LogP contribution in [0, 0.1) is 0 Å². The first-order chi connectivity index (χ1) is 11.2. The Morgan fingerprint density at radius 2 is 2.13 bits per heavy atom. The molecule has 1 unspecified atom stereocenters. The number of rotatable bonds is 3. The number of ether oxygens (including phenoxy) is 1. The van der Waals surface area contributed by atoms with Gasteiger partial charge >= 0.3 is 6.01 Å². The number of nitrogens with one attached hydrogen (secondary N) is 1. The molecule has 1 aromatic carbocycles. The molecule has 1 spiro atoms. The number of benzene rings is 1. The summed E-state index contributed by atoms with van der Waals surface area (Å²) in [6.07, 6.45) is 6.86. The van der Waals surface area contributed by atoms with Gasteiger partial charge in [0.05, 0.1) is 5.60 Å². The van der Waals surface area contributed by atoms with E-state index in [2.05, 4.69) is 15.5 Å². The quantitative estimate of drug-likeness (QED) is 0.907. The van der Waals surface area contributed by atoms with E-state index in [1.54, 1.807) is 0 Å². The van der Waals surface area contributed by atoms with E-state index >= 15 is 0 Å². The maximum Gasteiger partial charge on any atom is 0.322 e. The van der Waals surface area contributed by atoms with E-state index < -0.39 is 0 Å². The van der Waals surface area contributed by atoms with Crippen molar-refractivity contribution in [3.63, 3.8) is 0 Å². The molecule has 1 saturated carbocycles. The predicted octanol–water partition coefficient (Wildman–Crippen LogP) is 4.29. The summed E-state index contributed by atoms with van der Waals surface area (Å²) < 4.78 is 11.4. The summed E-state index contributed by atoms with van der Waals surface area (Å²) in [5.41, 5.74) is 0.930. The number of hydrogen-bond donors (Lipinski definition) is 1. The summed E-state index contributed by atoms with van der Waals surface area (Å²) in [6.45, 7) is 0.799. The second kappa shape index (κ2) is 6.13. The first-order valence-electron chi connectivity index (χ1n) is 8.23. The van der Waals surface area contributed by atoms with Crippen LogP contribution in [0.4, 0.5) is 6.01 Å². The molecule has 1 aromatic heterocycles. The summed E-state index contributed by atoms with van der Waals surface area (Å²) >= 11 is 6.01. The van der Waals surface area contributed by atoms with Crippen LogP contribution in [0.2, 0.25) is 5.02 Å². The van der Waals surface area contributed by atoms with Crippen LogP contribution in [0.25, 0.3) is 11.4 Å². The topological polar surface area (TPSA) is 60.2 Å². The zero-order valence-corrected chi connectivity index (χ0v) is 13.7. The molecular weight excluding hydrogens is 314 g/mol. The van der Waals surface area contributed by atoms with E-state index in [9.17, 15) is 0 Å². The third-order valence-corrected chi connectivity index (χ3v) is 5.08. The monoisotopic (exact) mass is 333 g/mol. The van der Waals surface area contributed by atoms with Gasteiger partial charge in [0.15, 0.2) is 0 Å². The molecule has 6 heteroatoms. The van der Waals surface area contributed by atoms with Crippen molar-refractivity contribution >= 4 is 17.6 Å². The molecule has 2 heterocycles. The van der Waals surface area contributed by atoms with Gasteiger partial charge in [0.25, 0.3) is 0 Å². The summed E-state index contributed by atoms with van der Waals surface area (Å²) in [5, 5.41) is 8.09. The highest BCUT2D eigenvalue weighted by Gasteiger charge is 2.40. The Morgan fingerprint density at radius 1 is 1.26 bits per heavy atom. The second-order valence-corrected chi connectivity index (χ2v) is 6.94. The van der Waals surface area contributed by atoms with Gasteiger partial charge in [-0.2, -0.15) is 4.98 Å². The predicted molar refractivity (Wildman–Crippen MR) is 88.5 cm³/mol. The summed E-state index contributed by atoms with van der Waals surface area (Å²) in [7, 11) is 0. The van der Waals surface area contributed by atoms with E-state index in [-0.39, 0.29) is 5.60 Å². The number of anilines is 1. The van der Waals surface area contributed by atoms with Crippen molar-refractivity contribution in [2.45, 2.75) is 50.2 Å². The van der Waals surface area contributed by atoms with Gasteiger partial charge in [-0.3, -0.25) is 0 Å². The van der Waals surface area contributed by atoms with Crippen LogP contribution < -0.4 is 5.32 Å². The van der Waals surface area contributed by atoms with Crippen LogP contribution in [-0.4, -0.2) is 28.4 Å². The van der Waals surface area contributed by atoms with Crippen molar-refractivity contribution in [2.75, 3.05) is 11.9 Å². The number of nitrogens with zero attached hydrogens (tertiary/aromatic N) is 2. The lowest BCUT2D eigenvalue weighted by Gasteiger charge is -2.38. The highest BCUT2D eigenvalue weighted by atomic mass is 35.5. The van der Waals surface area contributed by atoms with Crippen molar-refractivity contribution in [1.82, 2.24) is 10.1 Å². The summed E-state index contributed by atoms with van der Waals surface area (Å²) in [4.78, 5) is 4.44. The van der Waals surface area contributed by atoms with Gasteiger partial charge in [-0.25, -0.2) is 0 Å². The summed E-state index contributed by atoms with van der Waals surface area (Å²) in [5.74, 6) is 0.553. The molecular formula is C17H20ClN3O2. The molecule has 1 saturated heterocycles. The fourth-order valence-corrected chi connectivity index (χ4v) is 3.91. The SMILES string of the molecule is Clc1cccc(-c2noc(NC3CCOC4(CCCC4)C3)n2)c1. The maximum absolute atomic E-state index is 6.06. The molecule has 2 aromatic rings. The summed E-state index contributed by atoms with van der Waals surface area (Å²) in [6, 6.07) is 8.26. The molecule has 1 aliphatic carbocycles. The zero-order chi connectivity index (χ0) is 15.7. The van der Waals surface area contributed by atoms with Gasteiger partial charge < -0.3 is 14.6 Å². The van der Waals surface area contributed by atoms with E-state index in [1.807, 2.05) is 24.3 Å². The van der Waals surface area contributed by atoms with E-state index in [0.29, 0.717) is 22.9 Å². The van der Waals surface area contributed by atoms with Gasteiger partial charge in [0, 0.05) is 23.2 Å². The first-order valence-corrected chi connectivity index (χ1v) is 8.60. The van der Waals surface area contributed by atoms with Crippen molar-refractivity contribution in [3.05, 3.63) is 29.3 Å². The van der Waals surface area contributed by atoms with Crippen LogP contribution in [0.5, 0.6) is 0 Å². The average Bonchev–Trinajstić information content (AvgIpc) is 3.18. The largest absolute Gasteiger partial charge is 0.375 e. The Bertz CT molecular complexity index is 682. The molecule has 0 bridgehead atoms. The minimum Gasteiger partial charge on any atom is -0.375 e. The molecule has 23 heavy (non-hydrogen) atoms. The van der Waals surface area contributed by atoms with Crippen molar-refractivity contribution in [3.8, 4) is 11.4 Å². The lowest BCUT2D eigenvalue weighted by atomic mass is 9.89. The molecule has 0 amide bonds. The Kier molecular flexibility index (Phi) is 3.99. The maximum atomic E-state index is 6.06. The highest BCUT2D eigenvalue weighted by Crippen LogP contribution is 2.40. The molecule has 2 fully saturated rings. The van der Waals surface area contributed by atoms with E-state index in [4.69, 9.17) is 20.9 Å². The third-order valence-electron chi connectivity index (χ3n) is 4.84. The molecule has 1 atom stereocenters. The van der Waals surface area contributed by atoms with Crippen LogP contribution >= 0.6 is 11.6 Å². The van der Waals surface area contributed by atoms with Gasteiger partial charge in [-0.15, -0.1) is 0 Å². The number of halogens is 1. The molecule has 0 radical (unpaired) electrons. The van der Waals surface area contributed by atoms with Crippen molar-refractivity contribution in [1.29, 1.82) is 0 Å². The molecule has 122 valence electrons. The molecule has 4 rings (SSSR count). The number of hydrogen-bond acceptors (Lipinski definition) is 5. The average molecular weight is 334 g/mol. The third kappa shape index (κ3) is 3.21. The van der Waals surface area contributed by atoms with Crippen LogP contribution in [0.1, 0.15) is 38.5 Å². The minimum absolute atomic E-state index is 0.0751. The van der Waals surface area contributed by atoms with Gasteiger partial charge in [0.2, 0.25) is 5.82 Å². The van der Waals surface area contributed by atoms with Crippen molar-refractivity contribution in [2.24, 2.45) is 0 Å². The second-order valence-electron chi connectivity index (χ2n) is 6.51. The Hall–Kier alpha value is -1.59. The van der Waals surface area contributed by atoms with Gasteiger partial charge in [-0.05, 0) is 37.8 Å². The highest BCUT2D eigenvalue weighted by molar-refractivity contribution is 6.30. The fourth-order valence-electron chi connectivity index (χ4n) is 3.72. The molecule has 2 aliphatic rings. The van der Waals surface area contributed by atoms with E-state index in [1.165, 1.54) is 25.7 Å². The lowest BCUT2D eigenvalue weighted by Crippen LogP contribution is -2.42. The van der Waals surface area contributed by atoms with E-state index in [0.717, 1.165) is 25.0 Å². The minimum atomic E-state index is 0.0751. The smallest absolute Gasteiger partial charge is 0.322 e. The molecule has 1 aliphatic heterocycles. The molecule has 5 nitrogen and oxygen atoms in total. The lowest BCUT2D eigenvalue weighted by molar-refractivity contribution is -0.0769. The van der Waals surface area contributed by atoms with Crippen LogP contribution in [0.3, 0.4) is 0 Å².